The van der Waals surface area contributed by atoms with Crippen LogP contribution in [0, 0.1) is 10.1 Å². The molecule has 1 aliphatic rings. The summed E-state index contributed by atoms with van der Waals surface area (Å²) in [5.74, 6) is 0.248. The maximum atomic E-state index is 12.3. The second kappa shape index (κ2) is 5.39. The van der Waals surface area contributed by atoms with Crippen molar-refractivity contribution in [3.8, 4) is 5.75 Å². The molecule has 1 fully saturated rings. The third kappa shape index (κ3) is 2.78. The fourth-order valence-electron chi connectivity index (χ4n) is 2.03. The highest BCUT2D eigenvalue weighted by molar-refractivity contribution is 7.92. The van der Waals surface area contributed by atoms with Crippen molar-refractivity contribution in [1.29, 1.82) is 0 Å². The number of nitro benzene ring substituents is 1. The number of rotatable bonds is 5. The zero-order chi connectivity index (χ0) is 15.7. The monoisotopic (exact) mass is 320 g/mol. The van der Waals surface area contributed by atoms with E-state index in [-0.39, 0.29) is 16.3 Å². The number of nitrogens with zero attached hydrogens (tertiary/aromatic N) is 1. The van der Waals surface area contributed by atoms with Crippen molar-refractivity contribution in [2.24, 2.45) is 0 Å². The van der Waals surface area contributed by atoms with E-state index >= 15 is 0 Å². The quantitative estimate of drug-likeness (QED) is 0.510. The van der Waals surface area contributed by atoms with Crippen molar-refractivity contribution in [2.75, 3.05) is 0 Å². The predicted octanol–water partition coefficient (Wildman–Crippen LogP) is 1.70. The van der Waals surface area contributed by atoms with E-state index < -0.39 is 26.4 Å². The van der Waals surface area contributed by atoms with Crippen LogP contribution in [0.1, 0.15) is 0 Å². The van der Waals surface area contributed by atoms with Crippen LogP contribution >= 0.6 is 0 Å². The van der Waals surface area contributed by atoms with E-state index in [1.807, 2.05) is 0 Å². The molecule has 1 heterocycles. The maximum Gasteiger partial charge on any atom is 0.273 e. The lowest BCUT2D eigenvalue weighted by atomic mass is 10.3. The molecule has 1 saturated heterocycles. The van der Waals surface area contributed by atoms with E-state index in [0.29, 0.717) is 0 Å². The topological polar surface area (TPSA) is 108 Å². The van der Waals surface area contributed by atoms with E-state index in [9.17, 15) is 18.5 Å². The van der Waals surface area contributed by atoms with Gasteiger partial charge in [-0.2, -0.15) is 0 Å². The van der Waals surface area contributed by atoms with Gasteiger partial charge in [-0.25, -0.2) is 8.42 Å². The number of benzene rings is 2. The highest BCUT2D eigenvalue weighted by Crippen LogP contribution is 2.28. The molecule has 8 heteroatoms. The first kappa shape index (κ1) is 14.5. The molecule has 2 aromatic rings. The molecule has 2 aromatic carbocycles. The van der Waals surface area contributed by atoms with Gasteiger partial charge in [-0.3, -0.25) is 15.4 Å². The molecule has 2 atom stereocenters. The second-order valence-electron chi connectivity index (χ2n) is 4.74. The average Bonchev–Trinajstić information content (AvgIpc) is 3.28. The highest BCUT2D eigenvalue weighted by Gasteiger charge is 2.49. The van der Waals surface area contributed by atoms with Gasteiger partial charge in [0.05, 0.1) is 15.9 Å². The Morgan fingerprint density at radius 1 is 1.09 bits per heavy atom. The minimum atomic E-state index is -3.53. The lowest BCUT2D eigenvalue weighted by Gasteiger charge is -2.04. The molecule has 22 heavy (non-hydrogen) atoms. The second-order valence-corrected chi connectivity index (χ2v) is 6.81. The summed E-state index contributed by atoms with van der Waals surface area (Å²) in [5, 5.41) is 12.6. The molecular formula is C14H12N2O5S. The molecule has 7 nitrogen and oxygen atoms in total. The van der Waals surface area contributed by atoms with Crippen LogP contribution in [0.5, 0.6) is 5.75 Å². The average molecular weight is 320 g/mol. The lowest BCUT2D eigenvalue weighted by molar-refractivity contribution is -0.384. The van der Waals surface area contributed by atoms with Gasteiger partial charge < -0.3 is 4.74 Å². The van der Waals surface area contributed by atoms with Crippen LogP contribution in [-0.4, -0.2) is 24.9 Å². The molecule has 0 bridgehead atoms. The molecule has 114 valence electrons. The first-order chi connectivity index (χ1) is 10.5. The molecule has 0 aliphatic carbocycles. The Morgan fingerprint density at radius 3 is 2.50 bits per heavy atom. The summed E-state index contributed by atoms with van der Waals surface area (Å²) < 4.78 is 30.1. The van der Waals surface area contributed by atoms with Crippen LogP contribution in [0.4, 0.5) is 5.69 Å². The first-order valence-electron chi connectivity index (χ1n) is 6.44. The third-order valence-electron chi connectivity index (χ3n) is 3.19. The number of nitro groups is 1. The molecule has 0 amide bonds. The number of hydrogen-bond acceptors (Lipinski definition) is 6. The lowest BCUT2D eigenvalue weighted by Crippen LogP contribution is -2.14. The Labute approximate surface area is 126 Å². The molecule has 1 N–H and O–H groups in total. The van der Waals surface area contributed by atoms with Gasteiger partial charge in [0.1, 0.15) is 5.75 Å². The van der Waals surface area contributed by atoms with Gasteiger partial charge in [0, 0.05) is 6.07 Å². The minimum absolute atomic E-state index is 0.111. The largest absolute Gasteiger partial charge is 0.472 e. The molecule has 0 radical (unpaired) electrons. The number of sulfone groups is 1. The number of nitrogens with one attached hydrogen (secondary N) is 1. The van der Waals surface area contributed by atoms with Crippen molar-refractivity contribution in [3.05, 3.63) is 64.7 Å². The van der Waals surface area contributed by atoms with Crippen molar-refractivity contribution in [2.45, 2.75) is 16.5 Å². The molecule has 3 rings (SSSR count). The Kier molecular flexibility index (Phi) is 3.55. The van der Waals surface area contributed by atoms with Crippen molar-refractivity contribution < 1.29 is 18.1 Å². The fraction of sp³-hybridized carbons (Fsp3) is 0.143. The van der Waals surface area contributed by atoms with Crippen LogP contribution in [0.25, 0.3) is 0 Å². The summed E-state index contributed by atoms with van der Waals surface area (Å²) in [4.78, 5) is 10.4. The summed E-state index contributed by atoms with van der Waals surface area (Å²) in [6, 6.07) is 13.7. The Bertz CT molecular complexity index is 807. The van der Waals surface area contributed by atoms with Gasteiger partial charge in [0.2, 0.25) is 0 Å². The predicted molar refractivity (Wildman–Crippen MR) is 78.1 cm³/mol. The zero-order valence-corrected chi connectivity index (χ0v) is 12.1. The van der Waals surface area contributed by atoms with Crippen LogP contribution < -0.4 is 10.1 Å². The molecule has 0 spiro atoms. The normalized spacial score (nSPS) is 20.4. The fourth-order valence-corrected chi connectivity index (χ4v) is 3.55. The van der Waals surface area contributed by atoms with Gasteiger partial charge >= 0.3 is 0 Å². The molecule has 0 saturated carbocycles. The summed E-state index contributed by atoms with van der Waals surface area (Å²) in [6.07, 6.45) is -0.716. The van der Waals surface area contributed by atoms with Gasteiger partial charge in [-0.1, -0.05) is 24.3 Å². The summed E-state index contributed by atoms with van der Waals surface area (Å²) in [7, 11) is -3.53. The van der Waals surface area contributed by atoms with Gasteiger partial charge in [0.25, 0.3) is 5.69 Å². The zero-order valence-electron chi connectivity index (χ0n) is 11.2. The van der Waals surface area contributed by atoms with E-state index in [0.717, 1.165) is 0 Å². The van der Waals surface area contributed by atoms with Crippen LogP contribution in [0.3, 0.4) is 0 Å². The van der Waals surface area contributed by atoms with Crippen LogP contribution in [0.2, 0.25) is 0 Å². The number of ether oxygens (including phenoxy) is 1. The van der Waals surface area contributed by atoms with Gasteiger partial charge in [-0.15, -0.1) is 0 Å². The minimum Gasteiger partial charge on any atom is -0.472 e. The highest BCUT2D eigenvalue weighted by atomic mass is 32.2. The van der Waals surface area contributed by atoms with Crippen molar-refractivity contribution in [1.82, 2.24) is 5.32 Å². The first-order valence-corrected chi connectivity index (χ1v) is 7.99. The standard InChI is InChI=1S/C14H12N2O5S/c17-16(18)10-5-4-6-11(9-10)21-13-14(15-13)22(19,20)12-7-2-1-3-8-12/h1-9,13-15H. The van der Waals surface area contributed by atoms with Gasteiger partial charge in [0.15, 0.2) is 21.4 Å². The number of hydrogen-bond donors (Lipinski definition) is 1. The van der Waals surface area contributed by atoms with Crippen molar-refractivity contribution in [3.63, 3.8) is 0 Å². The van der Waals surface area contributed by atoms with Gasteiger partial charge in [-0.05, 0) is 18.2 Å². The van der Waals surface area contributed by atoms with E-state index in [1.54, 1.807) is 24.3 Å². The molecule has 2 unspecified atom stereocenters. The van der Waals surface area contributed by atoms with Crippen molar-refractivity contribution >= 4 is 15.5 Å². The Morgan fingerprint density at radius 2 is 1.82 bits per heavy atom. The van der Waals surface area contributed by atoms with E-state index in [4.69, 9.17) is 4.74 Å². The summed E-state index contributed by atoms with van der Waals surface area (Å²) >= 11 is 0. The van der Waals surface area contributed by atoms with Crippen LogP contribution in [-0.2, 0) is 9.84 Å². The number of non-ortho nitro benzene ring substituents is 1. The Balaban J connectivity index is 1.73. The van der Waals surface area contributed by atoms with E-state index in [1.165, 1.54) is 30.3 Å². The van der Waals surface area contributed by atoms with Crippen LogP contribution in [0.15, 0.2) is 59.5 Å². The van der Waals surface area contributed by atoms with E-state index in [2.05, 4.69) is 5.32 Å². The Hall–Kier alpha value is -2.45. The third-order valence-corrected chi connectivity index (χ3v) is 5.17. The SMILES string of the molecule is O=[N+]([O-])c1cccc(OC2NC2S(=O)(=O)c2ccccc2)c1. The molecule has 1 aliphatic heterocycles. The maximum absolute atomic E-state index is 12.3. The summed E-state index contributed by atoms with van der Waals surface area (Å²) in [6.45, 7) is 0. The molecule has 0 aromatic heterocycles. The smallest absolute Gasteiger partial charge is 0.273 e. The molecular weight excluding hydrogens is 308 g/mol. The summed E-state index contributed by atoms with van der Waals surface area (Å²) in [5.41, 5.74) is -0.111.